The molecule has 0 radical (unpaired) electrons. The summed E-state index contributed by atoms with van der Waals surface area (Å²) in [5, 5.41) is 2.93. The van der Waals surface area contributed by atoms with Crippen LogP contribution in [0.5, 0.6) is 0 Å². The van der Waals surface area contributed by atoms with Crippen LogP contribution in [-0.4, -0.2) is 58.0 Å². The number of hydrogen-bond acceptors (Lipinski definition) is 4. The van der Waals surface area contributed by atoms with E-state index in [1.807, 2.05) is 20.8 Å². The monoisotopic (exact) mass is 360 g/mol. The smallest absolute Gasteiger partial charge is 0.408 e. The molecule has 1 aliphatic rings. The molecule has 8 nitrogen and oxygen atoms in total. The minimum absolute atomic E-state index is 0.112. The molecular formula is C18H24N4O4. The van der Waals surface area contributed by atoms with E-state index < -0.39 is 5.76 Å². The predicted molar refractivity (Wildman–Crippen MR) is 97.2 cm³/mol. The van der Waals surface area contributed by atoms with Gasteiger partial charge in [-0.1, -0.05) is 0 Å². The molecule has 1 aliphatic heterocycles. The number of rotatable bonds is 1. The average Bonchev–Trinajstić information content (AvgIpc) is 2.87. The van der Waals surface area contributed by atoms with Crippen LogP contribution in [0, 0.1) is 0 Å². The first-order valence-electron chi connectivity index (χ1n) is 8.62. The molecule has 0 atom stereocenters. The Morgan fingerprint density at radius 3 is 2.31 bits per heavy atom. The van der Waals surface area contributed by atoms with Crippen molar-refractivity contribution in [1.82, 2.24) is 19.7 Å². The van der Waals surface area contributed by atoms with E-state index in [9.17, 15) is 14.4 Å². The van der Waals surface area contributed by atoms with Crippen molar-refractivity contribution in [2.45, 2.75) is 26.3 Å². The van der Waals surface area contributed by atoms with Gasteiger partial charge < -0.3 is 19.5 Å². The van der Waals surface area contributed by atoms with E-state index in [-0.39, 0.29) is 17.5 Å². The van der Waals surface area contributed by atoms with E-state index in [1.54, 1.807) is 35.0 Å². The Balaban J connectivity index is 1.68. The minimum atomic E-state index is -0.455. The summed E-state index contributed by atoms with van der Waals surface area (Å²) in [5.74, 6) is -0.570. The summed E-state index contributed by atoms with van der Waals surface area (Å²) in [7, 11) is 1.61. The topological polar surface area (TPSA) is 87.8 Å². The van der Waals surface area contributed by atoms with E-state index >= 15 is 0 Å². The van der Waals surface area contributed by atoms with Gasteiger partial charge in [-0.05, 0) is 39.0 Å². The van der Waals surface area contributed by atoms with Gasteiger partial charge in [-0.3, -0.25) is 9.36 Å². The summed E-state index contributed by atoms with van der Waals surface area (Å²) in [6, 6.07) is 4.85. The Kier molecular flexibility index (Phi) is 4.52. The highest BCUT2D eigenvalue weighted by Gasteiger charge is 2.27. The van der Waals surface area contributed by atoms with E-state index in [1.165, 1.54) is 4.57 Å². The molecule has 26 heavy (non-hydrogen) atoms. The number of hydrogen-bond donors (Lipinski definition) is 1. The van der Waals surface area contributed by atoms with Gasteiger partial charge in [0.05, 0.1) is 5.52 Å². The molecule has 8 heteroatoms. The number of carbonyl (C=O) groups excluding carboxylic acids is 2. The zero-order valence-corrected chi connectivity index (χ0v) is 15.5. The number of urea groups is 1. The lowest BCUT2D eigenvalue weighted by Crippen LogP contribution is -2.56. The first kappa shape index (κ1) is 18.0. The molecule has 1 saturated heterocycles. The minimum Gasteiger partial charge on any atom is -0.408 e. The molecular weight excluding hydrogens is 336 g/mol. The van der Waals surface area contributed by atoms with Crippen LogP contribution in [-0.2, 0) is 7.05 Å². The third-order valence-electron chi connectivity index (χ3n) is 4.37. The second-order valence-electron chi connectivity index (χ2n) is 7.57. The second kappa shape index (κ2) is 6.51. The zero-order valence-electron chi connectivity index (χ0n) is 15.5. The van der Waals surface area contributed by atoms with E-state index in [0.29, 0.717) is 42.8 Å². The third kappa shape index (κ3) is 3.58. The maximum Gasteiger partial charge on any atom is 0.419 e. The molecule has 1 N–H and O–H groups in total. The van der Waals surface area contributed by atoms with Crippen LogP contribution in [0.1, 0.15) is 31.1 Å². The van der Waals surface area contributed by atoms with Gasteiger partial charge in [-0.15, -0.1) is 0 Å². The van der Waals surface area contributed by atoms with Gasteiger partial charge in [0.2, 0.25) is 0 Å². The lowest BCUT2D eigenvalue weighted by Gasteiger charge is -2.36. The fraction of sp³-hybridized carbons (Fsp3) is 0.500. The summed E-state index contributed by atoms with van der Waals surface area (Å²) in [6.07, 6.45) is 0. The molecule has 0 spiro atoms. The van der Waals surface area contributed by atoms with E-state index in [0.717, 1.165) is 0 Å². The number of aromatic nitrogens is 1. The van der Waals surface area contributed by atoms with E-state index in [4.69, 9.17) is 4.42 Å². The highest BCUT2D eigenvalue weighted by molar-refractivity contribution is 5.97. The number of nitrogens with one attached hydrogen (secondary N) is 1. The van der Waals surface area contributed by atoms with Crippen molar-refractivity contribution in [2.24, 2.45) is 7.05 Å². The Morgan fingerprint density at radius 2 is 1.69 bits per heavy atom. The molecule has 3 rings (SSSR count). The summed E-state index contributed by atoms with van der Waals surface area (Å²) in [6.45, 7) is 7.72. The molecule has 1 aromatic heterocycles. The Hall–Kier alpha value is -2.77. The maximum absolute atomic E-state index is 12.8. The van der Waals surface area contributed by atoms with Crippen LogP contribution in [0.15, 0.2) is 27.4 Å². The lowest BCUT2D eigenvalue weighted by atomic mass is 10.1. The molecule has 140 valence electrons. The molecule has 2 aromatic rings. The largest absolute Gasteiger partial charge is 0.419 e. The fourth-order valence-corrected chi connectivity index (χ4v) is 2.95. The summed E-state index contributed by atoms with van der Waals surface area (Å²) in [5.41, 5.74) is 1.25. The van der Waals surface area contributed by atoms with Crippen molar-refractivity contribution in [3.05, 3.63) is 34.3 Å². The van der Waals surface area contributed by atoms with Gasteiger partial charge in [-0.25, -0.2) is 9.59 Å². The van der Waals surface area contributed by atoms with Crippen LogP contribution in [0.3, 0.4) is 0 Å². The predicted octanol–water partition coefficient (Wildman–Crippen LogP) is 1.40. The highest BCUT2D eigenvalue weighted by atomic mass is 16.4. The molecule has 0 unspecified atom stereocenters. The Morgan fingerprint density at radius 1 is 1.08 bits per heavy atom. The Bertz CT molecular complexity index is 898. The van der Waals surface area contributed by atoms with Crippen LogP contribution >= 0.6 is 0 Å². The van der Waals surface area contributed by atoms with E-state index in [2.05, 4.69) is 5.32 Å². The van der Waals surface area contributed by atoms with Gasteiger partial charge in [0.1, 0.15) is 0 Å². The molecule has 2 heterocycles. The Labute approximate surface area is 151 Å². The van der Waals surface area contributed by atoms with Crippen LogP contribution in [0.4, 0.5) is 4.79 Å². The number of benzene rings is 1. The number of oxazole rings is 1. The van der Waals surface area contributed by atoms with Gasteiger partial charge in [-0.2, -0.15) is 0 Å². The molecule has 0 saturated carbocycles. The number of aryl methyl sites for hydroxylation is 1. The highest BCUT2D eigenvalue weighted by Crippen LogP contribution is 2.17. The van der Waals surface area contributed by atoms with Gasteiger partial charge >= 0.3 is 11.8 Å². The van der Waals surface area contributed by atoms with Crippen LogP contribution < -0.4 is 11.1 Å². The summed E-state index contributed by atoms with van der Waals surface area (Å²) in [4.78, 5) is 40.0. The number of amides is 3. The van der Waals surface area contributed by atoms with Crippen molar-refractivity contribution in [3.8, 4) is 0 Å². The van der Waals surface area contributed by atoms with Crippen LogP contribution in [0.2, 0.25) is 0 Å². The van der Waals surface area contributed by atoms with Gasteiger partial charge in [0.25, 0.3) is 5.91 Å². The lowest BCUT2D eigenvalue weighted by molar-refractivity contribution is 0.0661. The average molecular weight is 360 g/mol. The number of carbonyl (C=O) groups is 2. The van der Waals surface area contributed by atoms with Crippen molar-refractivity contribution in [3.63, 3.8) is 0 Å². The first-order chi connectivity index (χ1) is 12.2. The number of piperazine rings is 1. The van der Waals surface area contributed by atoms with Crippen molar-refractivity contribution in [2.75, 3.05) is 26.2 Å². The molecule has 3 amide bonds. The maximum atomic E-state index is 12.8. The summed E-state index contributed by atoms with van der Waals surface area (Å²) >= 11 is 0. The third-order valence-corrected chi connectivity index (χ3v) is 4.37. The van der Waals surface area contributed by atoms with Crippen molar-refractivity contribution < 1.29 is 14.0 Å². The second-order valence-corrected chi connectivity index (χ2v) is 7.57. The normalized spacial score (nSPS) is 15.4. The number of nitrogens with zero attached hydrogens (tertiary/aromatic N) is 3. The quantitative estimate of drug-likeness (QED) is 0.833. The summed E-state index contributed by atoms with van der Waals surface area (Å²) < 4.78 is 6.47. The fourth-order valence-electron chi connectivity index (χ4n) is 2.95. The first-order valence-corrected chi connectivity index (χ1v) is 8.62. The molecule has 1 aromatic carbocycles. The number of fused-ring (bicyclic) bond motifs is 1. The molecule has 1 fully saturated rings. The van der Waals surface area contributed by atoms with Crippen molar-refractivity contribution in [1.29, 1.82) is 0 Å². The van der Waals surface area contributed by atoms with Gasteiger partial charge in [0.15, 0.2) is 5.58 Å². The van der Waals surface area contributed by atoms with Gasteiger partial charge in [0, 0.05) is 44.3 Å². The van der Waals surface area contributed by atoms with Crippen LogP contribution in [0.25, 0.3) is 11.1 Å². The van der Waals surface area contributed by atoms with Crippen molar-refractivity contribution >= 4 is 23.0 Å². The molecule has 0 bridgehead atoms. The molecule has 0 aliphatic carbocycles. The zero-order chi connectivity index (χ0) is 19.1. The SMILES string of the molecule is Cn1c(=O)oc2ccc(C(=O)N3CCN(C(=O)NC(C)(C)C)CC3)cc21. The standard InChI is InChI=1S/C18H24N4O4/c1-18(2,3)19-16(24)22-9-7-21(8-10-22)15(23)12-5-6-14-13(11-12)20(4)17(25)26-14/h5-6,11H,7-10H2,1-4H3,(H,19,24).